The minimum atomic E-state index is -0.173. The van der Waals surface area contributed by atoms with E-state index in [0.29, 0.717) is 10.8 Å². The van der Waals surface area contributed by atoms with Crippen molar-refractivity contribution in [3.05, 3.63) is 46.0 Å². The van der Waals surface area contributed by atoms with Crippen molar-refractivity contribution < 1.29 is 4.79 Å². The molecule has 3 rings (SSSR count). The minimum absolute atomic E-state index is 0.0346. The summed E-state index contributed by atoms with van der Waals surface area (Å²) in [4.78, 5) is 16.1. The Morgan fingerprint density at radius 3 is 2.81 bits per heavy atom. The summed E-state index contributed by atoms with van der Waals surface area (Å²) in [5.74, 6) is -0.173. The Hall–Kier alpha value is -1.88. The van der Waals surface area contributed by atoms with Crippen LogP contribution < -0.4 is 11.1 Å². The van der Waals surface area contributed by atoms with Gasteiger partial charge in [-0.3, -0.25) is 4.79 Å². The van der Waals surface area contributed by atoms with Gasteiger partial charge in [-0.15, -0.1) is 11.3 Å². The number of aryl methyl sites for hydroxylation is 2. The molecule has 1 amide bonds. The van der Waals surface area contributed by atoms with Gasteiger partial charge in [0.05, 0.1) is 6.04 Å². The molecular weight excluding hydrogens is 282 g/mol. The molecule has 1 aliphatic carbocycles. The van der Waals surface area contributed by atoms with Crippen LogP contribution >= 0.6 is 11.3 Å². The first-order valence-corrected chi connectivity index (χ1v) is 8.15. The van der Waals surface area contributed by atoms with Crippen molar-refractivity contribution >= 4 is 22.4 Å². The number of thiazole rings is 1. The number of hydrogen-bond acceptors (Lipinski definition) is 4. The van der Waals surface area contributed by atoms with Gasteiger partial charge in [0.2, 0.25) is 0 Å². The lowest BCUT2D eigenvalue weighted by atomic mass is 9.89. The van der Waals surface area contributed by atoms with Crippen molar-refractivity contribution in [2.75, 3.05) is 5.73 Å². The predicted molar refractivity (Wildman–Crippen MR) is 85.5 cm³/mol. The summed E-state index contributed by atoms with van der Waals surface area (Å²) < 4.78 is 0. The molecule has 1 aromatic heterocycles. The monoisotopic (exact) mass is 301 g/mol. The third-order valence-corrected chi connectivity index (χ3v) is 4.65. The second-order valence-electron chi connectivity index (χ2n) is 5.50. The van der Waals surface area contributed by atoms with Crippen molar-refractivity contribution in [3.8, 4) is 0 Å². The van der Waals surface area contributed by atoms with Crippen molar-refractivity contribution in [2.45, 2.75) is 38.6 Å². The number of benzene rings is 1. The third-order valence-electron chi connectivity index (χ3n) is 3.97. The molecule has 1 aromatic carbocycles. The van der Waals surface area contributed by atoms with Crippen LogP contribution in [0.15, 0.2) is 23.6 Å². The number of hydrogen-bond donors (Lipinski definition) is 2. The van der Waals surface area contributed by atoms with Gasteiger partial charge in [-0.1, -0.05) is 18.2 Å². The zero-order valence-corrected chi connectivity index (χ0v) is 12.9. The van der Waals surface area contributed by atoms with E-state index in [2.05, 4.69) is 28.5 Å². The van der Waals surface area contributed by atoms with Crippen LogP contribution in [0, 0.1) is 0 Å². The number of nitrogens with two attached hydrogens (primary N) is 1. The fraction of sp³-hybridized carbons (Fsp3) is 0.375. The number of nitrogen functional groups attached to an aromatic ring is 1. The summed E-state index contributed by atoms with van der Waals surface area (Å²) in [6.45, 7) is 2.00. The summed E-state index contributed by atoms with van der Waals surface area (Å²) in [5.41, 5.74) is 9.98. The summed E-state index contributed by atoms with van der Waals surface area (Å²) in [6, 6.07) is 6.51. The summed E-state index contributed by atoms with van der Waals surface area (Å²) in [5, 5.41) is 5.09. The number of carbonyl (C=O) groups excluding carboxylic acids is 1. The molecular formula is C16H19N3OS. The molecule has 2 aromatic rings. The fourth-order valence-corrected chi connectivity index (χ4v) is 3.31. The number of fused-ring (bicyclic) bond motifs is 1. The van der Waals surface area contributed by atoms with Gasteiger partial charge < -0.3 is 11.1 Å². The topological polar surface area (TPSA) is 68.0 Å². The molecule has 1 unspecified atom stereocenters. The highest BCUT2D eigenvalue weighted by molar-refractivity contribution is 7.13. The van der Waals surface area contributed by atoms with E-state index < -0.39 is 0 Å². The minimum Gasteiger partial charge on any atom is -0.375 e. The lowest BCUT2D eigenvalue weighted by molar-refractivity contribution is 0.0935. The predicted octanol–water partition coefficient (Wildman–Crippen LogP) is 3.10. The van der Waals surface area contributed by atoms with Crippen molar-refractivity contribution in [3.63, 3.8) is 0 Å². The van der Waals surface area contributed by atoms with Crippen LogP contribution in [0.4, 0.5) is 5.13 Å². The lowest BCUT2D eigenvalue weighted by Crippen LogP contribution is -2.27. The van der Waals surface area contributed by atoms with Crippen molar-refractivity contribution in [1.29, 1.82) is 0 Å². The van der Waals surface area contributed by atoms with Gasteiger partial charge >= 0.3 is 0 Å². The number of rotatable bonds is 3. The smallest absolute Gasteiger partial charge is 0.271 e. The van der Waals surface area contributed by atoms with E-state index in [-0.39, 0.29) is 11.9 Å². The van der Waals surface area contributed by atoms with Crippen LogP contribution in [0.1, 0.15) is 53.0 Å². The molecule has 4 nitrogen and oxygen atoms in total. The van der Waals surface area contributed by atoms with Gasteiger partial charge in [0.1, 0.15) is 5.69 Å². The van der Waals surface area contributed by atoms with Gasteiger partial charge in [0.25, 0.3) is 5.91 Å². The summed E-state index contributed by atoms with van der Waals surface area (Å²) >= 11 is 1.28. The van der Waals surface area contributed by atoms with Crippen LogP contribution in [0.3, 0.4) is 0 Å². The number of nitrogens with one attached hydrogen (secondary N) is 1. The Morgan fingerprint density at radius 1 is 1.33 bits per heavy atom. The second kappa shape index (κ2) is 5.85. The summed E-state index contributed by atoms with van der Waals surface area (Å²) in [6.07, 6.45) is 4.86. The highest BCUT2D eigenvalue weighted by Crippen LogP contribution is 2.25. The molecule has 5 heteroatoms. The molecule has 0 radical (unpaired) electrons. The van der Waals surface area contributed by atoms with E-state index in [1.807, 2.05) is 6.92 Å². The van der Waals surface area contributed by atoms with Gasteiger partial charge in [0.15, 0.2) is 5.13 Å². The summed E-state index contributed by atoms with van der Waals surface area (Å²) in [7, 11) is 0. The average Bonchev–Trinajstić information content (AvgIpc) is 2.93. The quantitative estimate of drug-likeness (QED) is 0.915. The molecule has 1 aliphatic rings. The van der Waals surface area contributed by atoms with E-state index in [1.54, 1.807) is 5.38 Å². The Balaban J connectivity index is 1.73. The van der Waals surface area contributed by atoms with Crippen LogP contribution in [0.2, 0.25) is 0 Å². The molecule has 0 bridgehead atoms. The molecule has 0 spiro atoms. The maximum absolute atomic E-state index is 12.1. The number of anilines is 1. The highest BCUT2D eigenvalue weighted by atomic mass is 32.1. The number of carbonyl (C=O) groups is 1. The molecule has 1 atom stereocenters. The molecule has 3 N–H and O–H groups in total. The van der Waals surface area contributed by atoms with Crippen LogP contribution in [-0.4, -0.2) is 10.9 Å². The first-order chi connectivity index (χ1) is 10.1. The van der Waals surface area contributed by atoms with E-state index >= 15 is 0 Å². The molecule has 0 saturated carbocycles. The zero-order valence-electron chi connectivity index (χ0n) is 12.1. The molecule has 110 valence electrons. The van der Waals surface area contributed by atoms with E-state index in [1.165, 1.54) is 41.7 Å². The Kier molecular flexibility index (Phi) is 3.92. The van der Waals surface area contributed by atoms with Crippen molar-refractivity contribution in [1.82, 2.24) is 10.3 Å². The third kappa shape index (κ3) is 3.08. The Labute approximate surface area is 128 Å². The van der Waals surface area contributed by atoms with Gasteiger partial charge in [-0.2, -0.15) is 0 Å². The SMILES string of the molecule is CC(NC(=O)c1csc(N)n1)c1ccc2c(c1)CCCC2. The Morgan fingerprint density at radius 2 is 2.10 bits per heavy atom. The van der Waals surface area contributed by atoms with Crippen molar-refractivity contribution in [2.24, 2.45) is 0 Å². The normalized spacial score (nSPS) is 15.3. The molecule has 0 fully saturated rings. The average molecular weight is 301 g/mol. The largest absolute Gasteiger partial charge is 0.375 e. The molecule has 1 heterocycles. The maximum Gasteiger partial charge on any atom is 0.271 e. The number of amides is 1. The van der Waals surface area contributed by atoms with E-state index in [0.717, 1.165) is 12.0 Å². The zero-order chi connectivity index (χ0) is 14.8. The second-order valence-corrected chi connectivity index (χ2v) is 6.39. The number of aromatic nitrogens is 1. The first kappa shape index (κ1) is 14.1. The van der Waals surface area contributed by atoms with Crippen LogP contribution in [0.25, 0.3) is 0 Å². The van der Waals surface area contributed by atoms with E-state index in [4.69, 9.17) is 5.73 Å². The number of nitrogens with zero attached hydrogens (tertiary/aromatic N) is 1. The van der Waals surface area contributed by atoms with Crippen LogP contribution in [-0.2, 0) is 12.8 Å². The van der Waals surface area contributed by atoms with E-state index in [9.17, 15) is 4.79 Å². The molecule has 0 aliphatic heterocycles. The van der Waals surface area contributed by atoms with Gasteiger partial charge in [0, 0.05) is 5.38 Å². The van der Waals surface area contributed by atoms with Gasteiger partial charge in [-0.05, 0) is 49.3 Å². The maximum atomic E-state index is 12.1. The van der Waals surface area contributed by atoms with Crippen LogP contribution in [0.5, 0.6) is 0 Å². The molecule has 0 saturated heterocycles. The fourth-order valence-electron chi connectivity index (χ4n) is 2.77. The standard InChI is InChI=1S/C16H19N3OS/c1-10(18-15(20)14-9-21-16(17)19-14)12-7-6-11-4-2-3-5-13(11)8-12/h6-10H,2-5H2,1H3,(H2,17,19)(H,18,20). The lowest BCUT2D eigenvalue weighted by Gasteiger charge is -2.19. The first-order valence-electron chi connectivity index (χ1n) is 7.27. The highest BCUT2D eigenvalue weighted by Gasteiger charge is 2.16. The Bertz CT molecular complexity index is 665. The van der Waals surface area contributed by atoms with Gasteiger partial charge in [-0.25, -0.2) is 4.98 Å². The molecule has 21 heavy (non-hydrogen) atoms.